The predicted molar refractivity (Wildman–Crippen MR) is 70.9 cm³/mol. The maximum absolute atomic E-state index is 11.4. The van der Waals surface area contributed by atoms with Crippen LogP contribution in [0.3, 0.4) is 0 Å². The number of nitrogens with one attached hydrogen (secondary N) is 1. The minimum absolute atomic E-state index is 0.108. The smallest absolute Gasteiger partial charge is 0.221 e. The van der Waals surface area contributed by atoms with E-state index in [4.69, 9.17) is 0 Å². The Morgan fingerprint density at radius 2 is 2.00 bits per heavy atom. The molecule has 3 heteroatoms. The monoisotopic (exact) mass is 283 g/mol. The molecule has 88 valence electrons. The third-order valence-electron chi connectivity index (χ3n) is 2.39. The molecule has 0 aromatic heterocycles. The maximum Gasteiger partial charge on any atom is 0.221 e. The minimum Gasteiger partial charge on any atom is -0.353 e. The Morgan fingerprint density at radius 1 is 1.38 bits per heavy atom. The molecule has 1 aromatic rings. The first kappa shape index (κ1) is 13.2. The average Bonchev–Trinajstić information content (AvgIpc) is 2.21. The van der Waals surface area contributed by atoms with Gasteiger partial charge in [-0.3, -0.25) is 4.79 Å². The molecule has 16 heavy (non-hydrogen) atoms. The van der Waals surface area contributed by atoms with Gasteiger partial charge in [0.1, 0.15) is 0 Å². The summed E-state index contributed by atoms with van der Waals surface area (Å²) in [4.78, 5) is 11.4. The standard InChI is InChI=1S/C13H18BrNO/c1-10-3-5-12(6-4-10)9-11(2)15-13(16)7-8-14/h3-6,11H,7-9H2,1-2H3,(H,15,16). The topological polar surface area (TPSA) is 29.1 Å². The molecular weight excluding hydrogens is 266 g/mol. The lowest BCUT2D eigenvalue weighted by molar-refractivity contribution is -0.121. The van der Waals surface area contributed by atoms with Crippen LogP contribution in [0.1, 0.15) is 24.5 Å². The summed E-state index contributed by atoms with van der Waals surface area (Å²) in [5, 5.41) is 3.69. The number of amides is 1. The predicted octanol–water partition coefficient (Wildman–Crippen LogP) is 2.83. The van der Waals surface area contributed by atoms with Gasteiger partial charge < -0.3 is 5.32 Å². The summed E-state index contributed by atoms with van der Waals surface area (Å²) in [6.45, 7) is 4.11. The van der Waals surface area contributed by atoms with Crippen LogP contribution in [-0.4, -0.2) is 17.3 Å². The van der Waals surface area contributed by atoms with Crippen molar-refractivity contribution >= 4 is 21.8 Å². The zero-order valence-corrected chi connectivity index (χ0v) is 11.4. The third-order valence-corrected chi connectivity index (χ3v) is 2.79. The van der Waals surface area contributed by atoms with Crippen molar-refractivity contribution in [3.63, 3.8) is 0 Å². The average molecular weight is 284 g/mol. The van der Waals surface area contributed by atoms with E-state index in [1.165, 1.54) is 11.1 Å². The summed E-state index contributed by atoms with van der Waals surface area (Å²) in [7, 11) is 0. The number of carbonyl (C=O) groups excluding carboxylic acids is 1. The summed E-state index contributed by atoms with van der Waals surface area (Å²) in [6, 6.07) is 8.62. The summed E-state index contributed by atoms with van der Waals surface area (Å²) >= 11 is 3.25. The molecule has 0 aliphatic carbocycles. The van der Waals surface area contributed by atoms with Gasteiger partial charge in [0.15, 0.2) is 0 Å². The van der Waals surface area contributed by atoms with Crippen LogP contribution in [0.4, 0.5) is 0 Å². The van der Waals surface area contributed by atoms with Gasteiger partial charge in [0.2, 0.25) is 5.91 Å². The Balaban J connectivity index is 2.42. The Hall–Kier alpha value is -0.830. The van der Waals surface area contributed by atoms with Gasteiger partial charge >= 0.3 is 0 Å². The molecule has 1 N–H and O–H groups in total. The number of hydrogen-bond donors (Lipinski definition) is 1. The van der Waals surface area contributed by atoms with Crippen molar-refractivity contribution < 1.29 is 4.79 Å². The minimum atomic E-state index is 0.108. The van der Waals surface area contributed by atoms with Gasteiger partial charge in [-0.15, -0.1) is 0 Å². The quantitative estimate of drug-likeness (QED) is 0.828. The fourth-order valence-electron chi connectivity index (χ4n) is 1.56. The van der Waals surface area contributed by atoms with Crippen molar-refractivity contribution in [1.82, 2.24) is 5.32 Å². The van der Waals surface area contributed by atoms with Gasteiger partial charge in [0.25, 0.3) is 0 Å². The summed E-state index contributed by atoms with van der Waals surface area (Å²) in [5.74, 6) is 0.108. The van der Waals surface area contributed by atoms with Crippen LogP contribution in [0.5, 0.6) is 0 Å². The first-order valence-electron chi connectivity index (χ1n) is 5.52. The van der Waals surface area contributed by atoms with E-state index in [2.05, 4.69) is 52.4 Å². The second kappa shape index (κ2) is 6.69. The molecule has 2 nitrogen and oxygen atoms in total. The van der Waals surface area contributed by atoms with Crippen LogP contribution in [-0.2, 0) is 11.2 Å². The Kier molecular flexibility index (Phi) is 5.53. The molecule has 0 saturated carbocycles. The fraction of sp³-hybridized carbons (Fsp3) is 0.462. The van der Waals surface area contributed by atoms with Crippen LogP contribution in [0, 0.1) is 6.92 Å². The van der Waals surface area contributed by atoms with Gasteiger partial charge in [0.05, 0.1) is 0 Å². The van der Waals surface area contributed by atoms with Crippen molar-refractivity contribution in [3.05, 3.63) is 35.4 Å². The van der Waals surface area contributed by atoms with Crippen LogP contribution in [0.25, 0.3) is 0 Å². The summed E-state index contributed by atoms with van der Waals surface area (Å²) in [5.41, 5.74) is 2.52. The Labute approximate surface area is 106 Å². The first-order valence-corrected chi connectivity index (χ1v) is 6.65. The number of aryl methyl sites for hydroxylation is 1. The third kappa shape index (κ3) is 4.79. The van der Waals surface area contributed by atoms with Crippen LogP contribution >= 0.6 is 15.9 Å². The SMILES string of the molecule is Cc1ccc(CC(C)NC(=O)CCBr)cc1. The molecule has 0 spiro atoms. The summed E-state index contributed by atoms with van der Waals surface area (Å²) in [6.07, 6.45) is 1.42. The number of carbonyl (C=O) groups is 1. The van der Waals surface area contributed by atoms with Crippen LogP contribution < -0.4 is 5.32 Å². The molecule has 1 aromatic carbocycles. The van der Waals surface area contributed by atoms with Gasteiger partial charge in [-0.2, -0.15) is 0 Å². The highest BCUT2D eigenvalue weighted by Gasteiger charge is 2.07. The Bertz CT molecular complexity index is 334. The van der Waals surface area contributed by atoms with E-state index in [1.54, 1.807) is 0 Å². The molecule has 1 rings (SSSR count). The van der Waals surface area contributed by atoms with Gasteiger partial charge in [-0.1, -0.05) is 45.8 Å². The van der Waals surface area contributed by atoms with E-state index in [9.17, 15) is 4.79 Å². The number of rotatable bonds is 5. The number of benzene rings is 1. The lowest BCUT2D eigenvalue weighted by atomic mass is 10.1. The number of halogens is 1. The van der Waals surface area contributed by atoms with E-state index >= 15 is 0 Å². The van der Waals surface area contributed by atoms with Crippen molar-refractivity contribution in [2.45, 2.75) is 32.7 Å². The molecule has 1 unspecified atom stereocenters. The highest BCUT2D eigenvalue weighted by atomic mass is 79.9. The van der Waals surface area contributed by atoms with Crippen LogP contribution in [0.2, 0.25) is 0 Å². The molecule has 0 fully saturated rings. The molecule has 0 aliphatic rings. The second-order valence-corrected chi connectivity index (χ2v) is 4.89. The van der Waals surface area contributed by atoms with E-state index in [0.29, 0.717) is 6.42 Å². The molecule has 0 radical (unpaired) electrons. The lowest BCUT2D eigenvalue weighted by Gasteiger charge is -2.13. The number of hydrogen-bond acceptors (Lipinski definition) is 1. The van der Waals surface area contributed by atoms with Gasteiger partial charge in [-0.05, 0) is 25.8 Å². The van der Waals surface area contributed by atoms with Gasteiger partial charge in [-0.25, -0.2) is 0 Å². The zero-order valence-electron chi connectivity index (χ0n) is 9.79. The van der Waals surface area contributed by atoms with Gasteiger partial charge in [0, 0.05) is 17.8 Å². The second-order valence-electron chi connectivity index (χ2n) is 4.10. The molecule has 0 saturated heterocycles. The van der Waals surface area contributed by atoms with Crippen LogP contribution in [0.15, 0.2) is 24.3 Å². The van der Waals surface area contributed by atoms with Crippen molar-refractivity contribution in [2.24, 2.45) is 0 Å². The highest BCUT2D eigenvalue weighted by Crippen LogP contribution is 2.06. The Morgan fingerprint density at radius 3 is 2.56 bits per heavy atom. The van der Waals surface area contributed by atoms with E-state index < -0.39 is 0 Å². The molecular formula is C13H18BrNO. The highest BCUT2D eigenvalue weighted by molar-refractivity contribution is 9.09. The number of alkyl halides is 1. The van der Waals surface area contributed by atoms with Crippen molar-refractivity contribution in [3.8, 4) is 0 Å². The largest absolute Gasteiger partial charge is 0.353 e. The van der Waals surface area contributed by atoms with E-state index in [-0.39, 0.29) is 11.9 Å². The molecule has 1 amide bonds. The molecule has 0 bridgehead atoms. The summed E-state index contributed by atoms with van der Waals surface area (Å²) < 4.78 is 0. The normalized spacial score (nSPS) is 12.2. The maximum atomic E-state index is 11.4. The lowest BCUT2D eigenvalue weighted by Crippen LogP contribution is -2.34. The van der Waals surface area contributed by atoms with E-state index in [1.807, 2.05) is 6.92 Å². The fourth-order valence-corrected chi connectivity index (χ4v) is 1.92. The van der Waals surface area contributed by atoms with Crippen molar-refractivity contribution in [1.29, 1.82) is 0 Å². The molecule has 0 aliphatic heterocycles. The van der Waals surface area contributed by atoms with E-state index in [0.717, 1.165) is 11.8 Å². The zero-order chi connectivity index (χ0) is 12.0. The molecule has 0 heterocycles. The van der Waals surface area contributed by atoms with Crippen molar-refractivity contribution in [2.75, 3.05) is 5.33 Å². The first-order chi connectivity index (χ1) is 7.61. The molecule has 1 atom stereocenters.